The molecular formula is C30H33P. The first kappa shape index (κ1) is 21.5. The van der Waals surface area contributed by atoms with Crippen LogP contribution >= 0.6 is 6.60 Å². The zero-order valence-corrected chi connectivity index (χ0v) is 19.8. The fourth-order valence-electron chi connectivity index (χ4n) is 5.33. The van der Waals surface area contributed by atoms with E-state index in [0.29, 0.717) is 5.92 Å². The predicted octanol–water partition coefficient (Wildman–Crippen LogP) is 6.06. The second-order valence-electron chi connectivity index (χ2n) is 8.89. The van der Waals surface area contributed by atoms with Gasteiger partial charge >= 0.3 is 188 Å². The molecule has 0 aromatic heterocycles. The van der Waals surface area contributed by atoms with Crippen molar-refractivity contribution in [1.29, 1.82) is 0 Å². The topological polar surface area (TPSA) is 0 Å². The first-order valence-electron chi connectivity index (χ1n) is 11.4. The maximum atomic E-state index is 2.42. The van der Waals surface area contributed by atoms with Gasteiger partial charge in [0.05, 0.1) is 0 Å². The molecule has 0 saturated heterocycles. The van der Waals surface area contributed by atoms with Crippen LogP contribution < -0.4 is 21.2 Å². The maximum absolute atomic E-state index is 2.91. The normalized spacial score (nSPS) is 13.0. The van der Waals surface area contributed by atoms with Gasteiger partial charge in [-0.15, -0.1) is 0 Å². The van der Waals surface area contributed by atoms with Gasteiger partial charge in [0, 0.05) is 0 Å². The molecule has 0 nitrogen and oxygen atoms in total. The quantitative estimate of drug-likeness (QED) is 0.316. The second-order valence-corrected chi connectivity index (χ2v) is 14.2. The summed E-state index contributed by atoms with van der Waals surface area (Å²) in [6.45, 7) is 4.05. The number of hydrogen-bond donors (Lipinski definition) is 0. The van der Waals surface area contributed by atoms with Crippen molar-refractivity contribution in [1.82, 2.24) is 0 Å². The van der Waals surface area contributed by atoms with Crippen LogP contribution in [0.25, 0.3) is 0 Å². The van der Waals surface area contributed by atoms with Crippen LogP contribution in [0.3, 0.4) is 0 Å². The Balaban J connectivity index is 2.14. The predicted molar refractivity (Wildman–Crippen MR) is 140 cm³/mol. The van der Waals surface area contributed by atoms with Gasteiger partial charge in [0.2, 0.25) is 0 Å². The standard InChI is InChI=1S/C30H33P/c1-4-31(27-14-8-5-9-15-27,28-16-10-6-11-17-28,29-18-12-7-13-19-29)30-22-20-26(21-23-30)24-25(2)3/h5-23,25H,4,24H2,1-3H3. The van der Waals surface area contributed by atoms with Gasteiger partial charge in [0.1, 0.15) is 0 Å². The molecule has 4 rings (SSSR count). The van der Waals surface area contributed by atoms with Gasteiger partial charge in [0.25, 0.3) is 0 Å². The van der Waals surface area contributed by atoms with Crippen molar-refractivity contribution in [3.8, 4) is 0 Å². The van der Waals surface area contributed by atoms with Crippen molar-refractivity contribution in [3.63, 3.8) is 0 Å². The number of hydrogen-bond acceptors (Lipinski definition) is 0. The van der Waals surface area contributed by atoms with Crippen LogP contribution in [0, 0.1) is 5.92 Å². The first-order chi connectivity index (χ1) is 15.1. The minimum atomic E-state index is -2.91. The zero-order chi connectivity index (χ0) is 21.8. The summed E-state index contributed by atoms with van der Waals surface area (Å²) in [4.78, 5) is 0. The van der Waals surface area contributed by atoms with Gasteiger partial charge in [-0.05, 0) is 0 Å². The van der Waals surface area contributed by atoms with Crippen LogP contribution in [0.1, 0.15) is 26.3 Å². The molecule has 0 amide bonds. The Bertz CT molecular complexity index is 998. The third-order valence-corrected chi connectivity index (χ3v) is 13.8. The molecule has 0 atom stereocenters. The third kappa shape index (κ3) is 3.44. The van der Waals surface area contributed by atoms with Gasteiger partial charge in [-0.3, -0.25) is 0 Å². The Morgan fingerprint density at radius 2 is 0.871 bits per heavy atom. The summed E-state index contributed by atoms with van der Waals surface area (Å²) < 4.78 is 0. The Morgan fingerprint density at radius 1 is 0.516 bits per heavy atom. The van der Waals surface area contributed by atoms with Gasteiger partial charge in [0.15, 0.2) is 0 Å². The fraction of sp³-hybridized carbons (Fsp3) is 0.200. The van der Waals surface area contributed by atoms with Crippen LogP contribution in [0.5, 0.6) is 0 Å². The van der Waals surface area contributed by atoms with Crippen molar-refractivity contribution >= 4 is 27.8 Å². The molecule has 0 spiro atoms. The molecule has 1 heteroatoms. The molecule has 0 bridgehead atoms. The molecule has 4 aromatic rings. The summed E-state index contributed by atoms with van der Waals surface area (Å²) in [5, 5.41) is 5.75. The van der Waals surface area contributed by atoms with Crippen LogP contribution in [0.4, 0.5) is 0 Å². The van der Waals surface area contributed by atoms with Crippen LogP contribution in [-0.4, -0.2) is 6.16 Å². The molecule has 0 unspecified atom stereocenters. The molecule has 0 aliphatic carbocycles. The summed E-state index contributed by atoms with van der Waals surface area (Å²) >= 11 is 0. The van der Waals surface area contributed by atoms with Crippen LogP contribution in [-0.2, 0) is 6.42 Å². The van der Waals surface area contributed by atoms with E-state index in [1.54, 1.807) is 0 Å². The van der Waals surface area contributed by atoms with Crippen molar-refractivity contribution in [2.24, 2.45) is 5.92 Å². The van der Waals surface area contributed by atoms with E-state index in [9.17, 15) is 0 Å². The van der Waals surface area contributed by atoms with Crippen molar-refractivity contribution in [2.75, 3.05) is 6.16 Å². The Kier molecular flexibility index (Phi) is 6.12. The van der Waals surface area contributed by atoms with Crippen molar-refractivity contribution in [3.05, 3.63) is 121 Å². The Morgan fingerprint density at radius 3 is 1.19 bits per heavy atom. The monoisotopic (exact) mass is 424 g/mol. The average molecular weight is 425 g/mol. The van der Waals surface area contributed by atoms with Crippen LogP contribution in [0.15, 0.2) is 115 Å². The van der Waals surface area contributed by atoms with E-state index < -0.39 is 6.60 Å². The second kappa shape index (κ2) is 8.81. The van der Waals surface area contributed by atoms with E-state index in [4.69, 9.17) is 0 Å². The zero-order valence-electron chi connectivity index (χ0n) is 18.9. The molecule has 0 aliphatic heterocycles. The first-order valence-corrected chi connectivity index (χ1v) is 13.8. The van der Waals surface area contributed by atoms with E-state index in [0.717, 1.165) is 12.6 Å². The van der Waals surface area contributed by atoms with Gasteiger partial charge in [-0.1, -0.05) is 0 Å². The van der Waals surface area contributed by atoms with E-state index in [1.165, 1.54) is 26.8 Å². The summed E-state index contributed by atoms with van der Waals surface area (Å²) in [6, 6.07) is 43.3. The van der Waals surface area contributed by atoms with E-state index >= 15 is 0 Å². The molecule has 0 radical (unpaired) electrons. The fourth-order valence-corrected chi connectivity index (χ4v) is 11.9. The summed E-state index contributed by atoms with van der Waals surface area (Å²) in [5.41, 5.74) is 1.42. The summed E-state index contributed by atoms with van der Waals surface area (Å²) in [7, 11) is 0. The molecule has 4 aromatic carbocycles. The van der Waals surface area contributed by atoms with E-state index in [1.807, 2.05) is 0 Å². The van der Waals surface area contributed by atoms with E-state index in [2.05, 4.69) is 136 Å². The molecule has 158 valence electrons. The van der Waals surface area contributed by atoms with E-state index in [-0.39, 0.29) is 0 Å². The SMILES string of the molecule is CCP(c1ccccc1)(c1ccccc1)(c1ccccc1)c1ccc(CC(C)C)cc1. The Labute approximate surface area is 187 Å². The molecule has 0 N–H and O–H groups in total. The molecule has 0 saturated carbocycles. The average Bonchev–Trinajstić information content (AvgIpc) is 2.83. The summed E-state index contributed by atoms with van der Waals surface area (Å²) in [6.07, 6.45) is 2.16. The number of rotatable bonds is 7. The third-order valence-electron chi connectivity index (χ3n) is 6.76. The molecule has 0 heterocycles. The van der Waals surface area contributed by atoms with Gasteiger partial charge in [-0.2, -0.15) is 0 Å². The molecule has 0 aliphatic rings. The van der Waals surface area contributed by atoms with Crippen molar-refractivity contribution < 1.29 is 0 Å². The van der Waals surface area contributed by atoms with Crippen LogP contribution in [0.2, 0.25) is 0 Å². The molecule has 31 heavy (non-hydrogen) atoms. The van der Waals surface area contributed by atoms with Gasteiger partial charge < -0.3 is 0 Å². The number of benzene rings is 4. The molecule has 0 fully saturated rings. The minimum absolute atomic E-state index is 0.657. The Hall–Kier alpha value is -2.69. The van der Waals surface area contributed by atoms with Gasteiger partial charge in [-0.25, -0.2) is 0 Å². The molecular weight excluding hydrogens is 391 g/mol. The van der Waals surface area contributed by atoms with Crippen molar-refractivity contribution in [2.45, 2.75) is 27.2 Å². The summed E-state index contributed by atoms with van der Waals surface area (Å²) in [5.74, 6) is 0.657.